The average molecular weight is 259 g/mol. The van der Waals surface area contributed by atoms with Gasteiger partial charge < -0.3 is 4.74 Å². The third-order valence-corrected chi connectivity index (χ3v) is 3.60. The highest BCUT2D eigenvalue weighted by Crippen LogP contribution is 2.26. The number of allylic oxidation sites excluding steroid dienone is 2. The molecule has 1 rings (SSSR count). The van der Waals surface area contributed by atoms with Crippen LogP contribution in [0.5, 0.6) is 0 Å². The molecule has 1 unspecified atom stereocenters. The van der Waals surface area contributed by atoms with Crippen LogP contribution in [-0.4, -0.2) is 18.0 Å². The zero-order valence-corrected chi connectivity index (χ0v) is 11.4. The Balaban J connectivity index is 2.13. The number of carbonyl (C=O) groups excluding carboxylic acids is 1. The van der Waals surface area contributed by atoms with Crippen molar-refractivity contribution in [2.45, 2.75) is 57.2 Å². The summed E-state index contributed by atoms with van der Waals surface area (Å²) in [6.07, 6.45) is 12.7. The maximum atomic E-state index is 11.3. The van der Waals surface area contributed by atoms with Gasteiger partial charge in [0.05, 0.1) is 6.61 Å². The van der Waals surface area contributed by atoms with Crippen molar-refractivity contribution in [3.63, 3.8) is 0 Å². The SMILES string of the molecule is CCOC(=O)C(Cl)CC=CCC1CCCCC1. The number of rotatable bonds is 6. The van der Waals surface area contributed by atoms with Gasteiger partial charge in [-0.25, -0.2) is 0 Å². The number of hydrogen-bond donors (Lipinski definition) is 0. The lowest BCUT2D eigenvalue weighted by atomic mass is 9.87. The summed E-state index contributed by atoms with van der Waals surface area (Å²) in [7, 11) is 0. The second-order valence-corrected chi connectivity index (χ2v) is 5.19. The summed E-state index contributed by atoms with van der Waals surface area (Å²) >= 11 is 5.91. The first-order valence-corrected chi connectivity index (χ1v) is 7.13. The Kier molecular flexibility index (Phi) is 7.34. The fourth-order valence-corrected chi connectivity index (χ4v) is 2.42. The zero-order valence-electron chi connectivity index (χ0n) is 10.7. The molecule has 0 N–H and O–H groups in total. The molecule has 1 fully saturated rings. The second-order valence-electron chi connectivity index (χ2n) is 4.67. The van der Waals surface area contributed by atoms with Crippen molar-refractivity contribution in [2.24, 2.45) is 5.92 Å². The van der Waals surface area contributed by atoms with Crippen molar-refractivity contribution >= 4 is 17.6 Å². The van der Waals surface area contributed by atoms with Gasteiger partial charge in [-0.1, -0.05) is 44.3 Å². The highest BCUT2D eigenvalue weighted by molar-refractivity contribution is 6.29. The van der Waals surface area contributed by atoms with Crippen molar-refractivity contribution in [2.75, 3.05) is 6.61 Å². The summed E-state index contributed by atoms with van der Waals surface area (Å²) in [6.45, 7) is 2.19. The Labute approximate surface area is 109 Å². The molecule has 98 valence electrons. The number of alkyl halides is 1. The number of hydrogen-bond acceptors (Lipinski definition) is 2. The molecular formula is C14H23ClO2. The van der Waals surface area contributed by atoms with E-state index < -0.39 is 5.38 Å². The van der Waals surface area contributed by atoms with Gasteiger partial charge in [0.25, 0.3) is 0 Å². The molecule has 0 aliphatic heterocycles. The van der Waals surface area contributed by atoms with Crippen molar-refractivity contribution in [3.8, 4) is 0 Å². The molecule has 0 saturated heterocycles. The topological polar surface area (TPSA) is 26.3 Å². The minimum Gasteiger partial charge on any atom is -0.465 e. The summed E-state index contributed by atoms with van der Waals surface area (Å²) in [6, 6.07) is 0. The number of esters is 1. The maximum Gasteiger partial charge on any atom is 0.324 e. The van der Waals surface area contributed by atoms with E-state index in [0.29, 0.717) is 13.0 Å². The Bertz CT molecular complexity index is 245. The largest absolute Gasteiger partial charge is 0.465 e. The van der Waals surface area contributed by atoms with Gasteiger partial charge in [0, 0.05) is 0 Å². The lowest BCUT2D eigenvalue weighted by Crippen LogP contribution is -2.16. The fourth-order valence-electron chi connectivity index (χ4n) is 2.26. The van der Waals surface area contributed by atoms with Crippen LogP contribution in [0.3, 0.4) is 0 Å². The molecule has 0 amide bonds. The summed E-state index contributed by atoms with van der Waals surface area (Å²) in [5, 5.41) is -0.530. The van der Waals surface area contributed by atoms with Crippen LogP contribution in [0.1, 0.15) is 51.9 Å². The van der Waals surface area contributed by atoms with Gasteiger partial charge in [-0.05, 0) is 25.7 Å². The molecule has 0 aromatic rings. The van der Waals surface area contributed by atoms with Crippen LogP contribution in [0, 0.1) is 5.92 Å². The molecular weight excluding hydrogens is 236 g/mol. The fraction of sp³-hybridized carbons (Fsp3) is 0.786. The Morgan fingerprint density at radius 3 is 2.71 bits per heavy atom. The number of carbonyl (C=O) groups is 1. The van der Waals surface area contributed by atoms with E-state index in [0.717, 1.165) is 12.3 Å². The van der Waals surface area contributed by atoms with E-state index in [1.807, 2.05) is 6.08 Å². The standard InChI is InChI=1S/C14H23ClO2/c1-2-17-14(16)13(15)11-7-6-10-12-8-4-3-5-9-12/h6-7,12-13H,2-5,8-11H2,1H3. The van der Waals surface area contributed by atoms with Crippen LogP contribution in [-0.2, 0) is 9.53 Å². The predicted octanol–water partition coefficient (Wildman–Crippen LogP) is 4.07. The van der Waals surface area contributed by atoms with Crippen LogP contribution >= 0.6 is 11.6 Å². The minimum atomic E-state index is -0.530. The van der Waals surface area contributed by atoms with Gasteiger partial charge in [-0.15, -0.1) is 11.6 Å². The molecule has 1 atom stereocenters. The molecule has 1 saturated carbocycles. The monoisotopic (exact) mass is 258 g/mol. The smallest absolute Gasteiger partial charge is 0.324 e. The minimum absolute atomic E-state index is 0.309. The molecule has 1 aliphatic carbocycles. The quantitative estimate of drug-likeness (QED) is 0.408. The Morgan fingerprint density at radius 1 is 1.35 bits per heavy atom. The van der Waals surface area contributed by atoms with Crippen molar-refractivity contribution < 1.29 is 9.53 Å². The molecule has 0 spiro atoms. The third kappa shape index (κ3) is 6.11. The van der Waals surface area contributed by atoms with E-state index in [-0.39, 0.29) is 5.97 Å². The molecule has 1 aliphatic rings. The van der Waals surface area contributed by atoms with Crippen LogP contribution in [0.4, 0.5) is 0 Å². The Hall–Kier alpha value is -0.500. The van der Waals surface area contributed by atoms with E-state index >= 15 is 0 Å². The van der Waals surface area contributed by atoms with Gasteiger partial charge >= 0.3 is 5.97 Å². The van der Waals surface area contributed by atoms with Gasteiger partial charge in [-0.2, -0.15) is 0 Å². The van der Waals surface area contributed by atoms with Crippen LogP contribution in [0.15, 0.2) is 12.2 Å². The summed E-state index contributed by atoms with van der Waals surface area (Å²) in [4.78, 5) is 11.3. The number of halogens is 1. The zero-order chi connectivity index (χ0) is 12.5. The van der Waals surface area contributed by atoms with E-state index in [2.05, 4.69) is 6.08 Å². The van der Waals surface area contributed by atoms with E-state index in [9.17, 15) is 4.79 Å². The van der Waals surface area contributed by atoms with E-state index in [4.69, 9.17) is 16.3 Å². The normalized spacial score (nSPS) is 19.4. The third-order valence-electron chi connectivity index (χ3n) is 3.25. The molecule has 2 nitrogen and oxygen atoms in total. The molecule has 0 bridgehead atoms. The maximum absolute atomic E-state index is 11.3. The first-order chi connectivity index (χ1) is 8.24. The highest BCUT2D eigenvalue weighted by atomic mass is 35.5. The van der Waals surface area contributed by atoms with Gasteiger partial charge in [-0.3, -0.25) is 4.79 Å². The Morgan fingerprint density at radius 2 is 2.06 bits per heavy atom. The van der Waals surface area contributed by atoms with E-state index in [1.54, 1.807) is 6.92 Å². The van der Waals surface area contributed by atoms with Crippen molar-refractivity contribution in [1.82, 2.24) is 0 Å². The average Bonchev–Trinajstić information content (AvgIpc) is 2.36. The van der Waals surface area contributed by atoms with Crippen LogP contribution in [0.2, 0.25) is 0 Å². The molecule has 0 heterocycles. The summed E-state index contributed by atoms with van der Waals surface area (Å²) in [5.74, 6) is 0.535. The molecule has 3 heteroatoms. The van der Waals surface area contributed by atoms with Gasteiger partial charge in [0.2, 0.25) is 0 Å². The van der Waals surface area contributed by atoms with Crippen LogP contribution < -0.4 is 0 Å². The summed E-state index contributed by atoms with van der Waals surface area (Å²) < 4.78 is 4.85. The van der Waals surface area contributed by atoms with Crippen molar-refractivity contribution in [1.29, 1.82) is 0 Å². The lowest BCUT2D eigenvalue weighted by Gasteiger charge is -2.19. The van der Waals surface area contributed by atoms with Gasteiger partial charge in [0.1, 0.15) is 5.38 Å². The first-order valence-electron chi connectivity index (χ1n) is 6.69. The molecule has 17 heavy (non-hydrogen) atoms. The molecule has 0 aromatic carbocycles. The van der Waals surface area contributed by atoms with Crippen LogP contribution in [0.25, 0.3) is 0 Å². The van der Waals surface area contributed by atoms with E-state index in [1.165, 1.54) is 32.1 Å². The first kappa shape index (κ1) is 14.6. The lowest BCUT2D eigenvalue weighted by molar-refractivity contribution is -0.142. The summed E-state index contributed by atoms with van der Waals surface area (Å²) in [5.41, 5.74) is 0. The highest BCUT2D eigenvalue weighted by Gasteiger charge is 2.14. The molecule has 0 aromatic heterocycles. The van der Waals surface area contributed by atoms with Crippen molar-refractivity contribution in [3.05, 3.63) is 12.2 Å². The van der Waals surface area contributed by atoms with Gasteiger partial charge in [0.15, 0.2) is 0 Å². The number of ether oxygens (including phenoxy) is 1. The molecule has 0 radical (unpaired) electrons. The second kappa shape index (κ2) is 8.57. The predicted molar refractivity (Wildman–Crippen MR) is 71.2 cm³/mol.